The van der Waals surface area contributed by atoms with Gasteiger partial charge < -0.3 is 14.6 Å². The SMILES string of the molecule is COCCOc1cc(-c2ccc(C(F)(F)F)cc2)cc(C(C(=O)O)C2CCC2)c1. The van der Waals surface area contributed by atoms with Crippen LogP contribution in [0.2, 0.25) is 0 Å². The zero-order chi connectivity index (χ0) is 21.0. The summed E-state index contributed by atoms with van der Waals surface area (Å²) in [7, 11) is 1.55. The van der Waals surface area contributed by atoms with Gasteiger partial charge in [0.1, 0.15) is 12.4 Å². The molecule has 2 aromatic carbocycles. The van der Waals surface area contributed by atoms with Crippen LogP contribution in [0.1, 0.15) is 36.3 Å². The van der Waals surface area contributed by atoms with Crippen LogP contribution >= 0.6 is 0 Å². The van der Waals surface area contributed by atoms with Crippen molar-refractivity contribution in [1.29, 1.82) is 0 Å². The molecule has 2 aromatic rings. The van der Waals surface area contributed by atoms with Crippen molar-refractivity contribution in [2.24, 2.45) is 5.92 Å². The number of carboxylic acid groups (broad SMARTS) is 1. The van der Waals surface area contributed by atoms with Gasteiger partial charge in [-0.2, -0.15) is 13.2 Å². The van der Waals surface area contributed by atoms with Crippen LogP contribution in [0, 0.1) is 5.92 Å². The Morgan fingerprint density at radius 1 is 1.10 bits per heavy atom. The maximum Gasteiger partial charge on any atom is 0.416 e. The number of halogens is 3. The minimum atomic E-state index is -4.41. The summed E-state index contributed by atoms with van der Waals surface area (Å²) in [5.74, 6) is -1.03. The zero-order valence-corrected chi connectivity index (χ0v) is 16.0. The molecule has 1 fully saturated rings. The Hall–Kier alpha value is -2.54. The number of aliphatic carboxylic acids is 1. The number of hydrogen-bond acceptors (Lipinski definition) is 3. The van der Waals surface area contributed by atoms with Gasteiger partial charge in [0.05, 0.1) is 18.1 Å². The Labute approximate surface area is 167 Å². The van der Waals surface area contributed by atoms with E-state index in [0.29, 0.717) is 29.0 Å². The van der Waals surface area contributed by atoms with E-state index in [2.05, 4.69) is 0 Å². The molecule has 1 aliphatic rings. The highest BCUT2D eigenvalue weighted by Gasteiger charge is 2.34. The van der Waals surface area contributed by atoms with Crippen LogP contribution in [-0.2, 0) is 15.7 Å². The van der Waals surface area contributed by atoms with Gasteiger partial charge in [-0.1, -0.05) is 24.6 Å². The fourth-order valence-corrected chi connectivity index (χ4v) is 3.54. The van der Waals surface area contributed by atoms with Gasteiger partial charge in [-0.15, -0.1) is 0 Å². The van der Waals surface area contributed by atoms with Gasteiger partial charge in [0.15, 0.2) is 0 Å². The second kappa shape index (κ2) is 8.86. The second-order valence-electron chi connectivity index (χ2n) is 7.21. The van der Waals surface area contributed by atoms with Crippen LogP contribution in [0.5, 0.6) is 5.75 Å². The largest absolute Gasteiger partial charge is 0.491 e. The molecule has 1 atom stereocenters. The molecule has 3 rings (SSSR count). The molecule has 0 aromatic heterocycles. The lowest BCUT2D eigenvalue weighted by atomic mass is 9.72. The summed E-state index contributed by atoms with van der Waals surface area (Å²) in [4.78, 5) is 11.9. The van der Waals surface area contributed by atoms with E-state index in [-0.39, 0.29) is 12.5 Å². The predicted molar refractivity (Wildman–Crippen MR) is 102 cm³/mol. The summed E-state index contributed by atoms with van der Waals surface area (Å²) in [5.41, 5.74) is 1.06. The maximum atomic E-state index is 12.9. The molecular formula is C22H23F3O4. The van der Waals surface area contributed by atoms with Crippen LogP contribution < -0.4 is 4.74 Å². The summed E-state index contributed by atoms with van der Waals surface area (Å²) in [6, 6.07) is 9.98. The summed E-state index contributed by atoms with van der Waals surface area (Å²) in [6.07, 6.45) is -1.71. The first-order chi connectivity index (χ1) is 13.8. The Kier molecular flexibility index (Phi) is 6.47. The third kappa shape index (κ3) is 5.09. The molecular weight excluding hydrogens is 385 g/mol. The Bertz CT molecular complexity index is 842. The van der Waals surface area contributed by atoms with Gasteiger partial charge in [0.25, 0.3) is 0 Å². The van der Waals surface area contributed by atoms with E-state index < -0.39 is 23.6 Å². The van der Waals surface area contributed by atoms with E-state index in [1.807, 2.05) is 0 Å². The molecule has 4 nitrogen and oxygen atoms in total. The van der Waals surface area contributed by atoms with Crippen LogP contribution in [-0.4, -0.2) is 31.4 Å². The monoisotopic (exact) mass is 408 g/mol. The lowest BCUT2D eigenvalue weighted by Crippen LogP contribution is -2.26. The van der Waals surface area contributed by atoms with Crippen molar-refractivity contribution in [2.75, 3.05) is 20.3 Å². The highest BCUT2D eigenvalue weighted by molar-refractivity contribution is 5.78. The summed E-state index contributed by atoms with van der Waals surface area (Å²) in [5, 5.41) is 9.77. The summed E-state index contributed by atoms with van der Waals surface area (Å²) < 4.78 is 49.2. The Morgan fingerprint density at radius 2 is 1.79 bits per heavy atom. The molecule has 29 heavy (non-hydrogen) atoms. The number of carbonyl (C=O) groups is 1. The van der Waals surface area contributed by atoms with E-state index in [4.69, 9.17) is 9.47 Å². The first-order valence-corrected chi connectivity index (χ1v) is 9.46. The first-order valence-electron chi connectivity index (χ1n) is 9.46. The van der Waals surface area contributed by atoms with Crippen LogP contribution in [0.15, 0.2) is 42.5 Å². The number of alkyl halides is 3. The highest BCUT2D eigenvalue weighted by atomic mass is 19.4. The zero-order valence-electron chi connectivity index (χ0n) is 16.0. The molecule has 7 heteroatoms. The molecule has 0 bridgehead atoms. The fraction of sp³-hybridized carbons (Fsp3) is 0.409. The molecule has 0 heterocycles. The molecule has 1 unspecified atom stereocenters. The molecule has 0 aliphatic heterocycles. The molecule has 1 aliphatic carbocycles. The van der Waals surface area contributed by atoms with Crippen molar-refractivity contribution in [3.05, 3.63) is 53.6 Å². The van der Waals surface area contributed by atoms with E-state index in [1.54, 1.807) is 25.3 Å². The molecule has 0 saturated heterocycles. The third-order valence-electron chi connectivity index (χ3n) is 5.28. The van der Waals surface area contributed by atoms with Crippen molar-refractivity contribution in [3.8, 4) is 16.9 Å². The maximum absolute atomic E-state index is 12.9. The van der Waals surface area contributed by atoms with Gasteiger partial charge in [-0.3, -0.25) is 4.79 Å². The summed E-state index contributed by atoms with van der Waals surface area (Å²) in [6.45, 7) is 0.651. The number of carboxylic acids is 1. The van der Waals surface area contributed by atoms with Crippen molar-refractivity contribution in [2.45, 2.75) is 31.4 Å². The average Bonchev–Trinajstić information content (AvgIpc) is 2.63. The van der Waals surface area contributed by atoms with Crippen molar-refractivity contribution < 1.29 is 32.5 Å². The van der Waals surface area contributed by atoms with E-state index in [9.17, 15) is 23.1 Å². The topological polar surface area (TPSA) is 55.8 Å². The standard InChI is InChI=1S/C22H23F3O4/c1-28-9-10-29-19-12-16(14-5-7-18(8-6-14)22(23,24)25)11-17(13-19)20(21(26)27)15-3-2-4-15/h5-8,11-13,15,20H,2-4,9-10H2,1H3,(H,26,27). The smallest absolute Gasteiger partial charge is 0.416 e. The number of methoxy groups -OCH3 is 1. The Morgan fingerprint density at radius 3 is 2.31 bits per heavy atom. The van der Waals surface area contributed by atoms with E-state index in [1.165, 1.54) is 12.1 Å². The number of ether oxygens (including phenoxy) is 2. The van der Waals surface area contributed by atoms with Gasteiger partial charge >= 0.3 is 12.1 Å². The minimum absolute atomic E-state index is 0.0576. The number of benzene rings is 2. The average molecular weight is 408 g/mol. The van der Waals surface area contributed by atoms with Gasteiger partial charge in [-0.05, 0) is 59.7 Å². The van der Waals surface area contributed by atoms with Gasteiger partial charge in [0.2, 0.25) is 0 Å². The number of rotatable bonds is 8. The Balaban J connectivity index is 1.98. The lowest BCUT2D eigenvalue weighted by Gasteiger charge is -2.31. The normalized spacial score (nSPS) is 15.6. The first kappa shape index (κ1) is 21.2. The number of hydrogen-bond donors (Lipinski definition) is 1. The third-order valence-corrected chi connectivity index (χ3v) is 5.28. The molecule has 0 radical (unpaired) electrons. The van der Waals surface area contributed by atoms with Crippen LogP contribution in [0.4, 0.5) is 13.2 Å². The van der Waals surface area contributed by atoms with E-state index >= 15 is 0 Å². The molecule has 0 amide bonds. The van der Waals surface area contributed by atoms with E-state index in [0.717, 1.165) is 31.4 Å². The lowest BCUT2D eigenvalue weighted by molar-refractivity contribution is -0.141. The molecule has 1 saturated carbocycles. The predicted octanol–water partition coefficient (Wildman–Crippen LogP) is 5.37. The van der Waals surface area contributed by atoms with Crippen molar-refractivity contribution in [3.63, 3.8) is 0 Å². The van der Waals surface area contributed by atoms with Gasteiger partial charge in [-0.25, -0.2) is 0 Å². The highest BCUT2D eigenvalue weighted by Crippen LogP contribution is 2.42. The van der Waals surface area contributed by atoms with Crippen LogP contribution in [0.25, 0.3) is 11.1 Å². The molecule has 0 spiro atoms. The summed E-state index contributed by atoms with van der Waals surface area (Å²) >= 11 is 0. The molecule has 156 valence electrons. The quantitative estimate of drug-likeness (QED) is 0.597. The fourth-order valence-electron chi connectivity index (χ4n) is 3.54. The minimum Gasteiger partial charge on any atom is -0.491 e. The second-order valence-corrected chi connectivity index (χ2v) is 7.21. The van der Waals surface area contributed by atoms with Gasteiger partial charge in [0, 0.05) is 7.11 Å². The van der Waals surface area contributed by atoms with Crippen molar-refractivity contribution in [1.82, 2.24) is 0 Å². The van der Waals surface area contributed by atoms with Crippen molar-refractivity contribution >= 4 is 5.97 Å². The molecule has 1 N–H and O–H groups in total. The van der Waals surface area contributed by atoms with Crippen LogP contribution in [0.3, 0.4) is 0 Å².